The van der Waals surface area contributed by atoms with Crippen molar-refractivity contribution in [2.75, 3.05) is 6.61 Å². The van der Waals surface area contributed by atoms with E-state index in [-0.39, 0.29) is 11.4 Å². The molecule has 6 nitrogen and oxygen atoms in total. The van der Waals surface area contributed by atoms with Gasteiger partial charge < -0.3 is 14.2 Å². The number of nitrogens with one attached hydrogen (secondary N) is 1. The summed E-state index contributed by atoms with van der Waals surface area (Å²) in [6.45, 7) is 5.22. The summed E-state index contributed by atoms with van der Waals surface area (Å²) in [5, 5.41) is 3.95. The number of ether oxygens (including phenoxy) is 1. The van der Waals surface area contributed by atoms with Crippen molar-refractivity contribution in [3.8, 4) is 11.4 Å². The van der Waals surface area contributed by atoms with E-state index in [2.05, 4.69) is 47.2 Å². The standard InChI is InChI=1S/C20H19N3O3/c1-12-7-13(2)9-14(8-12)3-4-18-22-19(23-26-18)16-10-15-11-25-6-5-17(15)21-20(16)24/h3-4,7-10H,5-6,11H2,1-2H3,(H,21,24)/b4-3+. The van der Waals surface area contributed by atoms with Crippen LogP contribution in [0.4, 0.5) is 0 Å². The van der Waals surface area contributed by atoms with Crippen molar-refractivity contribution in [1.82, 2.24) is 15.1 Å². The van der Waals surface area contributed by atoms with E-state index in [9.17, 15) is 4.79 Å². The summed E-state index contributed by atoms with van der Waals surface area (Å²) in [6, 6.07) is 8.06. The molecule has 0 unspecified atom stereocenters. The number of nitrogens with zero attached hydrogens (tertiary/aromatic N) is 2. The van der Waals surface area contributed by atoms with Crippen LogP contribution < -0.4 is 5.56 Å². The van der Waals surface area contributed by atoms with Gasteiger partial charge in [0, 0.05) is 18.2 Å². The predicted molar refractivity (Wildman–Crippen MR) is 98.6 cm³/mol. The molecule has 0 amide bonds. The lowest BCUT2D eigenvalue weighted by Crippen LogP contribution is -2.19. The normalized spacial score (nSPS) is 13.9. The maximum Gasteiger partial charge on any atom is 0.259 e. The molecule has 2 aromatic heterocycles. The first kappa shape index (κ1) is 16.5. The maximum atomic E-state index is 12.3. The first-order valence-electron chi connectivity index (χ1n) is 8.52. The van der Waals surface area contributed by atoms with Gasteiger partial charge >= 0.3 is 0 Å². The number of fused-ring (bicyclic) bond motifs is 1. The van der Waals surface area contributed by atoms with E-state index in [1.165, 1.54) is 11.1 Å². The summed E-state index contributed by atoms with van der Waals surface area (Å²) in [4.78, 5) is 19.5. The molecule has 1 aliphatic heterocycles. The molecule has 0 radical (unpaired) electrons. The third-order valence-electron chi connectivity index (χ3n) is 4.31. The largest absolute Gasteiger partial charge is 0.376 e. The second-order valence-electron chi connectivity index (χ2n) is 6.53. The molecule has 3 heterocycles. The smallest absolute Gasteiger partial charge is 0.259 e. The Morgan fingerprint density at radius 3 is 2.73 bits per heavy atom. The number of benzene rings is 1. The van der Waals surface area contributed by atoms with Gasteiger partial charge in [0.2, 0.25) is 5.82 Å². The predicted octanol–water partition coefficient (Wildman–Crippen LogP) is 3.28. The lowest BCUT2D eigenvalue weighted by molar-refractivity contribution is 0.109. The molecule has 0 spiro atoms. The van der Waals surface area contributed by atoms with Crippen LogP contribution in [0.2, 0.25) is 0 Å². The van der Waals surface area contributed by atoms with Crippen molar-refractivity contribution in [2.24, 2.45) is 0 Å². The van der Waals surface area contributed by atoms with Crippen LogP contribution in [0.1, 0.15) is 33.8 Å². The molecule has 0 saturated carbocycles. The first-order chi connectivity index (χ1) is 12.6. The summed E-state index contributed by atoms with van der Waals surface area (Å²) in [5.41, 5.74) is 5.51. The number of hydrogen-bond acceptors (Lipinski definition) is 5. The van der Waals surface area contributed by atoms with Gasteiger partial charge in [-0.15, -0.1) is 0 Å². The van der Waals surface area contributed by atoms with E-state index in [1.54, 1.807) is 12.1 Å². The van der Waals surface area contributed by atoms with Crippen LogP contribution in [-0.2, 0) is 17.8 Å². The Hall–Kier alpha value is -2.99. The zero-order chi connectivity index (χ0) is 18.1. The van der Waals surface area contributed by atoms with Crippen LogP contribution in [0, 0.1) is 13.8 Å². The molecule has 1 aliphatic rings. The second-order valence-corrected chi connectivity index (χ2v) is 6.53. The Balaban J connectivity index is 1.62. The van der Waals surface area contributed by atoms with Crippen LogP contribution >= 0.6 is 0 Å². The van der Waals surface area contributed by atoms with Gasteiger partial charge in [-0.25, -0.2) is 0 Å². The molecule has 132 valence electrons. The molecule has 0 saturated heterocycles. The Morgan fingerprint density at radius 2 is 1.92 bits per heavy atom. The molecule has 4 rings (SSSR count). The van der Waals surface area contributed by atoms with Gasteiger partial charge in [-0.3, -0.25) is 4.79 Å². The summed E-state index contributed by atoms with van der Waals surface area (Å²) < 4.78 is 10.7. The van der Waals surface area contributed by atoms with Gasteiger partial charge in [0.05, 0.1) is 18.8 Å². The SMILES string of the molecule is Cc1cc(C)cc(/C=C/c2nc(-c3cc4c([nH]c3=O)CCOC4)no2)c1. The van der Waals surface area contributed by atoms with Crippen molar-refractivity contribution in [3.63, 3.8) is 0 Å². The minimum Gasteiger partial charge on any atom is -0.376 e. The fraction of sp³-hybridized carbons (Fsp3) is 0.250. The Morgan fingerprint density at radius 1 is 1.12 bits per heavy atom. The average Bonchev–Trinajstić information content (AvgIpc) is 3.07. The molecule has 1 aromatic carbocycles. The summed E-state index contributed by atoms with van der Waals surface area (Å²) in [6.07, 6.45) is 4.38. The summed E-state index contributed by atoms with van der Waals surface area (Å²) >= 11 is 0. The molecular formula is C20H19N3O3. The number of pyridine rings is 1. The van der Waals surface area contributed by atoms with Crippen molar-refractivity contribution in [2.45, 2.75) is 26.9 Å². The van der Waals surface area contributed by atoms with Crippen LogP contribution in [0.3, 0.4) is 0 Å². The monoisotopic (exact) mass is 349 g/mol. The molecule has 26 heavy (non-hydrogen) atoms. The highest BCUT2D eigenvalue weighted by molar-refractivity contribution is 5.67. The second kappa shape index (κ2) is 6.72. The van der Waals surface area contributed by atoms with E-state index in [4.69, 9.17) is 9.26 Å². The Labute approximate surface area is 150 Å². The van der Waals surface area contributed by atoms with Gasteiger partial charge in [-0.2, -0.15) is 4.98 Å². The maximum absolute atomic E-state index is 12.3. The minimum atomic E-state index is -0.212. The molecule has 0 aliphatic carbocycles. The zero-order valence-electron chi connectivity index (χ0n) is 14.7. The lowest BCUT2D eigenvalue weighted by Gasteiger charge is -2.15. The van der Waals surface area contributed by atoms with Gasteiger partial charge in [0.15, 0.2) is 0 Å². The van der Waals surface area contributed by atoms with Crippen molar-refractivity contribution in [3.05, 3.63) is 68.5 Å². The van der Waals surface area contributed by atoms with Gasteiger partial charge in [-0.1, -0.05) is 34.5 Å². The van der Waals surface area contributed by atoms with E-state index < -0.39 is 0 Å². The van der Waals surface area contributed by atoms with Crippen molar-refractivity contribution >= 4 is 12.2 Å². The number of H-pyrrole nitrogens is 1. The van der Waals surface area contributed by atoms with E-state index in [0.717, 1.165) is 16.8 Å². The number of aromatic nitrogens is 3. The molecule has 0 fully saturated rings. The number of rotatable bonds is 3. The fourth-order valence-electron chi connectivity index (χ4n) is 3.17. The van der Waals surface area contributed by atoms with Crippen LogP contribution in [0.15, 0.2) is 33.6 Å². The third-order valence-corrected chi connectivity index (χ3v) is 4.31. The lowest BCUT2D eigenvalue weighted by atomic mass is 10.1. The van der Waals surface area contributed by atoms with Gasteiger partial charge in [0.25, 0.3) is 11.4 Å². The summed E-state index contributed by atoms with van der Waals surface area (Å²) in [5.74, 6) is 0.632. The Kier molecular flexibility index (Phi) is 4.26. The molecule has 0 bridgehead atoms. The van der Waals surface area contributed by atoms with Gasteiger partial charge in [-0.05, 0) is 37.1 Å². The highest BCUT2D eigenvalue weighted by Gasteiger charge is 2.17. The minimum absolute atomic E-state index is 0.212. The number of aromatic amines is 1. The van der Waals surface area contributed by atoms with Crippen LogP contribution in [0.5, 0.6) is 0 Å². The van der Waals surface area contributed by atoms with Crippen LogP contribution in [0.25, 0.3) is 23.5 Å². The molecule has 0 atom stereocenters. The molecule has 3 aromatic rings. The van der Waals surface area contributed by atoms with Gasteiger partial charge in [0.1, 0.15) is 0 Å². The highest BCUT2D eigenvalue weighted by Crippen LogP contribution is 2.19. The highest BCUT2D eigenvalue weighted by atomic mass is 16.5. The van der Waals surface area contributed by atoms with E-state index in [1.807, 2.05) is 6.08 Å². The average molecular weight is 349 g/mol. The summed E-state index contributed by atoms with van der Waals surface area (Å²) in [7, 11) is 0. The topological polar surface area (TPSA) is 81.0 Å². The zero-order valence-corrected chi connectivity index (χ0v) is 14.7. The first-order valence-corrected chi connectivity index (χ1v) is 8.52. The van der Waals surface area contributed by atoms with E-state index >= 15 is 0 Å². The van der Waals surface area contributed by atoms with Crippen molar-refractivity contribution < 1.29 is 9.26 Å². The quantitative estimate of drug-likeness (QED) is 0.785. The molecular weight excluding hydrogens is 330 g/mol. The number of aryl methyl sites for hydroxylation is 2. The fourth-order valence-corrected chi connectivity index (χ4v) is 3.17. The number of hydrogen-bond donors (Lipinski definition) is 1. The molecule has 6 heteroatoms. The molecule has 1 N–H and O–H groups in total. The Bertz CT molecular complexity index is 1030. The van der Waals surface area contributed by atoms with Crippen LogP contribution in [-0.4, -0.2) is 21.7 Å². The van der Waals surface area contributed by atoms with Crippen molar-refractivity contribution in [1.29, 1.82) is 0 Å². The van der Waals surface area contributed by atoms with E-state index in [0.29, 0.717) is 31.1 Å². The third kappa shape index (κ3) is 3.36.